The second-order valence-electron chi connectivity index (χ2n) is 6.81. The summed E-state index contributed by atoms with van der Waals surface area (Å²) in [6.07, 6.45) is 0. The number of sulfonamides is 1. The molecule has 2 aromatic rings. The molecule has 0 atom stereocenters. The molecule has 0 aliphatic carbocycles. The minimum absolute atomic E-state index is 0.0412. The number of carbonyl (C=O) groups excluding carboxylic acids is 1. The topological polar surface area (TPSA) is 57.7 Å². The highest BCUT2D eigenvalue weighted by Crippen LogP contribution is 2.19. The SMILES string of the molecule is Cc1ccc(S(=O)(=O)N2CCN(C(=O)c3ccc(C)c(C)c3)CC2)cc1. The van der Waals surface area contributed by atoms with Crippen molar-refractivity contribution in [2.75, 3.05) is 26.2 Å². The molecule has 1 saturated heterocycles. The summed E-state index contributed by atoms with van der Waals surface area (Å²) < 4.78 is 27.0. The van der Waals surface area contributed by atoms with Crippen molar-refractivity contribution >= 4 is 15.9 Å². The van der Waals surface area contributed by atoms with Crippen molar-refractivity contribution in [2.24, 2.45) is 0 Å². The van der Waals surface area contributed by atoms with Crippen LogP contribution in [0.2, 0.25) is 0 Å². The largest absolute Gasteiger partial charge is 0.336 e. The van der Waals surface area contributed by atoms with Gasteiger partial charge in [0.05, 0.1) is 4.90 Å². The zero-order valence-electron chi connectivity index (χ0n) is 15.4. The summed E-state index contributed by atoms with van der Waals surface area (Å²) in [7, 11) is -3.51. The predicted octanol–water partition coefficient (Wildman–Crippen LogP) is 2.76. The van der Waals surface area contributed by atoms with E-state index in [1.54, 1.807) is 29.2 Å². The molecule has 138 valence electrons. The number of rotatable bonds is 3. The van der Waals surface area contributed by atoms with Gasteiger partial charge in [-0.25, -0.2) is 8.42 Å². The summed E-state index contributed by atoms with van der Waals surface area (Å²) in [5, 5.41) is 0. The van der Waals surface area contributed by atoms with Gasteiger partial charge < -0.3 is 4.90 Å². The fraction of sp³-hybridized carbons (Fsp3) is 0.350. The Hall–Kier alpha value is -2.18. The molecule has 0 saturated carbocycles. The maximum atomic E-state index is 12.7. The highest BCUT2D eigenvalue weighted by molar-refractivity contribution is 7.89. The fourth-order valence-corrected chi connectivity index (χ4v) is 4.47. The maximum Gasteiger partial charge on any atom is 0.253 e. The monoisotopic (exact) mass is 372 g/mol. The van der Waals surface area contributed by atoms with Gasteiger partial charge in [-0.15, -0.1) is 0 Å². The van der Waals surface area contributed by atoms with Crippen molar-refractivity contribution in [1.29, 1.82) is 0 Å². The lowest BCUT2D eigenvalue weighted by Crippen LogP contribution is -2.50. The lowest BCUT2D eigenvalue weighted by atomic mass is 10.1. The lowest BCUT2D eigenvalue weighted by molar-refractivity contribution is 0.0698. The van der Waals surface area contributed by atoms with Crippen LogP contribution in [0.5, 0.6) is 0 Å². The van der Waals surface area contributed by atoms with E-state index in [9.17, 15) is 13.2 Å². The molecule has 26 heavy (non-hydrogen) atoms. The van der Waals surface area contributed by atoms with Crippen LogP contribution in [0.15, 0.2) is 47.4 Å². The number of amides is 1. The Morgan fingerprint density at radius 1 is 0.846 bits per heavy atom. The van der Waals surface area contributed by atoms with Crippen molar-refractivity contribution in [3.8, 4) is 0 Å². The Morgan fingerprint density at radius 3 is 2.04 bits per heavy atom. The Bertz CT molecular complexity index is 913. The molecule has 0 radical (unpaired) electrons. The molecular weight excluding hydrogens is 348 g/mol. The first-order chi connectivity index (χ1) is 12.3. The standard InChI is InChI=1S/C20H24N2O3S/c1-15-4-8-19(9-5-15)26(24,25)22-12-10-21(11-13-22)20(23)18-7-6-16(2)17(3)14-18/h4-9,14H,10-13H2,1-3H3. The van der Waals surface area contributed by atoms with Crippen LogP contribution in [0.25, 0.3) is 0 Å². The van der Waals surface area contributed by atoms with Gasteiger partial charge >= 0.3 is 0 Å². The number of nitrogens with zero attached hydrogens (tertiary/aromatic N) is 2. The lowest BCUT2D eigenvalue weighted by Gasteiger charge is -2.34. The van der Waals surface area contributed by atoms with Crippen molar-refractivity contribution < 1.29 is 13.2 Å². The van der Waals surface area contributed by atoms with Gasteiger partial charge in [0, 0.05) is 31.7 Å². The highest BCUT2D eigenvalue weighted by Gasteiger charge is 2.30. The van der Waals surface area contributed by atoms with Crippen LogP contribution in [-0.4, -0.2) is 49.7 Å². The molecule has 0 spiro atoms. The second-order valence-corrected chi connectivity index (χ2v) is 8.75. The molecular formula is C20H24N2O3S. The summed E-state index contributed by atoms with van der Waals surface area (Å²) in [6.45, 7) is 7.34. The van der Waals surface area contributed by atoms with Crippen LogP contribution in [0.1, 0.15) is 27.0 Å². The Balaban J connectivity index is 1.69. The fourth-order valence-electron chi connectivity index (χ4n) is 3.05. The van der Waals surface area contributed by atoms with E-state index in [1.165, 1.54) is 4.31 Å². The Labute approximate surface area is 155 Å². The van der Waals surface area contributed by atoms with Gasteiger partial charge in [0.25, 0.3) is 5.91 Å². The molecule has 1 fully saturated rings. The molecule has 1 heterocycles. The predicted molar refractivity (Wildman–Crippen MR) is 102 cm³/mol. The number of carbonyl (C=O) groups is 1. The van der Waals surface area contributed by atoms with Crippen molar-refractivity contribution in [1.82, 2.24) is 9.21 Å². The summed E-state index contributed by atoms with van der Waals surface area (Å²) in [5.74, 6) is -0.0412. The first kappa shape index (κ1) is 18.6. The normalized spacial score (nSPS) is 15.9. The van der Waals surface area contributed by atoms with Gasteiger partial charge in [-0.2, -0.15) is 4.31 Å². The molecule has 0 aromatic heterocycles. The van der Waals surface area contributed by atoms with Gasteiger partial charge in [0.2, 0.25) is 10.0 Å². The summed E-state index contributed by atoms with van der Waals surface area (Å²) in [6, 6.07) is 12.5. The third-order valence-electron chi connectivity index (χ3n) is 4.94. The van der Waals surface area contributed by atoms with E-state index in [-0.39, 0.29) is 5.91 Å². The van der Waals surface area contributed by atoms with Crippen LogP contribution in [0, 0.1) is 20.8 Å². The summed E-state index contributed by atoms with van der Waals surface area (Å²) >= 11 is 0. The number of hydrogen-bond donors (Lipinski definition) is 0. The average Bonchev–Trinajstić information content (AvgIpc) is 2.64. The van der Waals surface area contributed by atoms with Crippen LogP contribution in [0.3, 0.4) is 0 Å². The van der Waals surface area contributed by atoms with Gasteiger partial charge in [0.1, 0.15) is 0 Å². The van der Waals surface area contributed by atoms with Gasteiger partial charge in [0.15, 0.2) is 0 Å². The first-order valence-corrected chi connectivity index (χ1v) is 10.2. The van der Waals surface area contributed by atoms with Gasteiger partial charge in [-0.05, 0) is 56.2 Å². The second kappa shape index (κ2) is 7.21. The first-order valence-electron chi connectivity index (χ1n) is 8.72. The molecule has 0 N–H and O–H groups in total. The van der Waals surface area contributed by atoms with Crippen molar-refractivity contribution in [3.63, 3.8) is 0 Å². The average molecular weight is 372 g/mol. The maximum absolute atomic E-state index is 12.7. The van der Waals surface area contributed by atoms with Crippen molar-refractivity contribution in [3.05, 3.63) is 64.7 Å². The Kier molecular flexibility index (Phi) is 5.16. The number of hydrogen-bond acceptors (Lipinski definition) is 3. The minimum Gasteiger partial charge on any atom is -0.336 e. The summed E-state index contributed by atoms with van der Waals surface area (Å²) in [4.78, 5) is 14.7. The molecule has 5 nitrogen and oxygen atoms in total. The van der Waals surface area contributed by atoms with E-state index >= 15 is 0 Å². The molecule has 2 aromatic carbocycles. The summed E-state index contributed by atoms with van der Waals surface area (Å²) in [5.41, 5.74) is 3.91. The molecule has 1 amide bonds. The van der Waals surface area contributed by atoms with Crippen LogP contribution >= 0.6 is 0 Å². The van der Waals surface area contributed by atoms with Crippen LogP contribution < -0.4 is 0 Å². The van der Waals surface area contributed by atoms with Gasteiger partial charge in [-0.1, -0.05) is 23.8 Å². The smallest absolute Gasteiger partial charge is 0.253 e. The molecule has 6 heteroatoms. The van der Waals surface area contributed by atoms with E-state index in [1.807, 2.05) is 39.0 Å². The third kappa shape index (κ3) is 3.66. The number of aryl methyl sites for hydroxylation is 3. The van der Waals surface area contributed by atoms with Crippen molar-refractivity contribution in [2.45, 2.75) is 25.7 Å². The van der Waals surface area contributed by atoms with E-state index in [0.717, 1.165) is 16.7 Å². The number of piperazine rings is 1. The zero-order valence-corrected chi connectivity index (χ0v) is 16.2. The van der Waals surface area contributed by atoms with E-state index < -0.39 is 10.0 Å². The van der Waals surface area contributed by atoms with Crippen LogP contribution in [0.4, 0.5) is 0 Å². The number of benzene rings is 2. The van der Waals surface area contributed by atoms with E-state index in [2.05, 4.69) is 0 Å². The molecule has 0 bridgehead atoms. The zero-order chi connectivity index (χ0) is 18.9. The molecule has 1 aliphatic rings. The minimum atomic E-state index is -3.51. The Morgan fingerprint density at radius 2 is 1.46 bits per heavy atom. The van der Waals surface area contributed by atoms with Gasteiger partial charge in [-0.3, -0.25) is 4.79 Å². The van der Waals surface area contributed by atoms with Crippen LogP contribution in [-0.2, 0) is 10.0 Å². The molecule has 3 rings (SSSR count). The quantitative estimate of drug-likeness (QED) is 0.832. The third-order valence-corrected chi connectivity index (χ3v) is 6.85. The van der Waals surface area contributed by atoms with E-state index in [4.69, 9.17) is 0 Å². The molecule has 1 aliphatic heterocycles. The van der Waals surface area contributed by atoms with E-state index in [0.29, 0.717) is 36.6 Å². The molecule has 0 unspecified atom stereocenters. The highest BCUT2D eigenvalue weighted by atomic mass is 32.2.